The molecule has 0 aromatic heterocycles. The number of nitrogens with zero attached hydrogens (tertiary/aromatic N) is 2. The van der Waals surface area contributed by atoms with Crippen molar-refractivity contribution in [3.63, 3.8) is 0 Å². The average Bonchev–Trinajstić information content (AvgIpc) is 2.78. The number of ether oxygens (including phenoxy) is 2. The van der Waals surface area contributed by atoms with Crippen LogP contribution in [-0.2, 0) is 4.79 Å². The molecule has 1 atom stereocenters. The molecule has 29 heavy (non-hydrogen) atoms. The summed E-state index contributed by atoms with van der Waals surface area (Å²) in [6, 6.07) is 16.1. The van der Waals surface area contributed by atoms with Gasteiger partial charge in [-0.15, -0.1) is 0 Å². The molecule has 5 heteroatoms. The number of piperazine rings is 1. The van der Waals surface area contributed by atoms with Gasteiger partial charge in [0.05, 0.1) is 12.3 Å². The highest BCUT2D eigenvalue weighted by molar-refractivity contribution is 5.78. The summed E-state index contributed by atoms with van der Waals surface area (Å²) in [5, 5.41) is 0. The Morgan fingerprint density at radius 2 is 1.59 bits per heavy atom. The van der Waals surface area contributed by atoms with Gasteiger partial charge in [0.15, 0.2) is 6.61 Å². The largest absolute Gasteiger partial charge is 0.492 e. The molecule has 0 saturated carbocycles. The van der Waals surface area contributed by atoms with Crippen molar-refractivity contribution in [1.82, 2.24) is 4.90 Å². The van der Waals surface area contributed by atoms with E-state index in [2.05, 4.69) is 30.9 Å². The lowest BCUT2D eigenvalue weighted by Crippen LogP contribution is -2.50. The number of carbonyl (C=O) groups is 1. The number of hydrogen-bond donors (Lipinski definition) is 0. The molecule has 0 radical (unpaired) electrons. The smallest absolute Gasteiger partial charge is 0.260 e. The van der Waals surface area contributed by atoms with Crippen LogP contribution < -0.4 is 14.4 Å². The van der Waals surface area contributed by atoms with E-state index in [0.717, 1.165) is 36.7 Å². The normalized spacial score (nSPS) is 15.1. The van der Waals surface area contributed by atoms with Crippen molar-refractivity contribution < 1.29 is 14.3 Å². The molecule has 1 heterocycles. The number of carbonyl (C=O) groups excluding carboxylic acids is 1. The molecule has 1 aliphatic heterocycles. The van der Waals surface area contributed by atoms with Gasteiger partial charge < -0.3 is 19.3 Å². The van der Waals surface area contributed by atoms with Gasteiger partial charge in [0.1, 0.15) is 11.5 Å². The van der Waals surface area contributed by atoms with Crippen LogP contribution in [0.3, 0.4) is 0 Å². The van der Waals surface area contributed by atoms with E-state index in [-0.39, 0.29) is 12.5 Å². The number of rotatable bonds is 8. The monoisotopic (exact) mass is 396 g/mol. The van der Waals surface area contributed by atoms with Crippen molar-refractivity contribution in [2.24, 2.45) is 0 Å². The van der Waals surface area contributed by atoms with Crippen LogP contribution in [0.25, 0.3) is 0 Å². The van der Waals surface area contributed by atoms with Gasteiger partial charge in [-0.05, 0) is 43.0 Å². The highest BCUT2D eigenvalue weighted by Crippen LogP contribution is 2.30. The number of benzene rings is 2. The summed E-state index contributed by atoms with van der Waals surface area (Å²) in [5.74, 6) is 2.18. The van der Waals surface area contributed by atoms with Gasteiger partial charge in [0, 0.05) is 26.2 Å². The van der Waals surface area contributed by atoms with Gasteiger partial charge in [-0.25, -0.2) is 0 Å². The van der Waals surface area contributed by atoms with Crippen LogP contribution in [0.2, 0.25) is 0 Å². The minimum Gasteiger partial charge on any atom is -0.492 e. The maximum absolute atomic E-state index is 12.7. The van der Waals surface area contributed by atoms with Crippen molar-refractivity contribution in [3.8, 4) is 11.5 Å². The van der Waals surface area contributed by atoms with E-state index in [1.165, 1.54) is 5.56 Å². The molecule has 2 aromatic carbocycles. The average molecular weight is 397 g/mol. The Kier molecular flexibility index (Phi) is 7.39. The molecule has 0 bridgehead atoms. The molecule has 5 nitrogen and oxygen atoms in total. The lowest BCUT2D eigenvalue weighted by atomic mass is 9.98. The maximum atomic E-state index is 12.7. The Labute approximate surface area is 174 Å². The molecule has 1 saturated heterocycles. The summed E-state index contributed by atoms with van der Waals surface area (Å²) < 4.78 is 11.7. The van der Waals surface area contributed by atoms with Gasteiger partial charge in [-0.3, -0.25) is 4.79 Å². The van der Waals surface area contributed by atoms with E-state index in [4.69, 9.17) is 9.47 Å². The van der Waals surface area contributed by atoms with Gasteiger partial charge in [-0.1, -0.05) is 44.2 Å². The fraction of sp³-hybridized carbons (Fsp3) is 0.458. The topological polar surface area (TPSA) is 42.0 Å². The zero-order chi connectivity index (χ0) is 20.6. The summed E-state index contributed by atoms with van der Waals surface area (Å²) in [7, 11) is 0. The Morgan fingerprint density at radius 1 is 0.931 bits per heavy atom. The molecular formula is C24H32N2O3. The Bertz CT molecular complexity index is 800. The summed E-state index contributed by atoms with van der Waals surface area (Å²) in [4.78, 5) is 16.9. The molecule has 1 fully saturated rings. The minimum absolute atomic E-state index is 0.0432. The standard InChI is InChI=1S/C24H32N2O3/c1-4-19(3)20-10-6-8-12-22(20)29-18-24(27)26-16-14-25(15-17-26)21-11-7-9-13-23(21)28-5-2/h6-13,19H,4-5,14-18H2,1-3H3. The minimum atomic E-state index is 0.0432. The van der Waals surface area contributed by atoms with Crippen molar-refractivity contribution in [2.75, 3.05) is 44.3 Å². The second-order valence-corrected chi connectivity index (χ2v) is 7.40. The van der Waals surface area contributed by atoms with E-state index >= 15 is 0 Å². The molecule has 0 aliphatic carbocycles. The van der Waals surface area contributed by atoms with E-state index in [1.54, 1.807) is 0 Å². The van der Waals surface area contributed by atoms with Gasteiger partial charge in [0.25, 0.3) is 5.91 Å². The summed E-state index contributed by atoms with van der Waals surface area (Å²) in [6.07, 6.45) is 1.04. The molecule has 0 spiro atoms. The zero-order valence-electron chi connectivity index (χ0n) is 17.8. The molecule has 1 unspecified atom stereocenters. The fourth-order valence-corrected chi connectivity index (χ4v) is 3.66. The summed E-state index contributed by atoms with van der Waals surface area (Å²) in [6.45, 7) is 10.0. The van der Waals surface area contributed by atoms with E-state index in [0.29, 0.717) is 25.6 Å². The lowest BCUT2D eigenvalue weighted by molar-refractivity contribution is -0.133. The van der Waals surface area contributed by atoms with Crippen molar-refractivity contribution in [2.45, 2.75) is 33.1 Å². The third-order valence-electron chi connectivity index (χ3n) is 5.55. The predicted molar refractivity (Wildman–Crippen MR) is 117 cm³/mol. The quantitative estimate of drug-likeness (QED) is 0.666. The fourth-order valence-electron chi connectivity index (χ4n) is 3.66. The molecule has 156 valence electrons. The number of amides is 1. The third-order valence-corrected chi connectivity index (χ3v) is 5.55. The third kappa shape index (κ3) is 5.22. The predicted octanol–water partition coefficient (Wildman–Crippen LogP) is 4.33. The Morgan fingerprint density at radius 3 is 2.28 bits per heavy atom. The van der Waals surface area contributed by atoms with Gasteiger partial charge in [0.2, 0.25) is 0 Å². The zero-order valence-corrected chi connectivity index (χ0v) is 17.8. The highest BCUT2D eigenvalue weighted by Gasteiger charge is 2.23. The second kappa shape index (κ2) is 10.2. The van der Waals surface area contributed by atoms with E-state index in [9.17, 15) is 4.79 Å². The van der Waals surface area contributed by atoms with E-state index in [1.807, 2.05) is 48.2 Å². The van der Waals surface area contributed by atoms with Crippen LogP contribution >= 0.6 is 0 Å². The van der Waals surface area contributed by atoms with Crippen LogP contribution in [0.4, 0.5) is 5.69 Å². The Hall–Kier alpha value is -2.69. The van der Waals surface area contributed by atoms with Crippen LogP contribution in [0.15, 0.2) is 48.5 Å². The van der Waals surface area contributed by atoms with E-state index < -0.39 is 0 Å². The first-order valence-electron chi connectivity index (χ1n) is 10.6. The summed E-state index contributed by atoms with van der Waals surface area (Å²) >= 11 is 0. The van der Waals surface area contributed by atoms with Crippen molar-refractivity contribution in [1.29, 1.82) is 0 Å². The number of para-hydroxylation sites is 3. The maximum Gasteiger partial charge on any atom is 0.260 e. The number of hydrogen-bond acceptors (Lipinski definition) is 4. The second-order valence-electron chi connectivity index (χ2n) is 7.40. The first kappa shape index (κ1) is 21.0. The Balaban J connectivity index is 1.55. The molecule has 1 amide bonds. The molecule has 0 N–H and O–H groups in total. The lowest BCUT2D eigenvalue weighted by Gasteiger charge is -2.36. The summed E-state index contributed by atoms with van der Waals surface area (Å²) in [5.41, 5.74) is 2.26. The number of anilines is 1. The van der Waals surface area contributed by atoms with Crippen LogP contribution in [0.1, 0.15) is 38.7 Å². The van der Waals surface area contributed by atoms with Crippen LogP contribution in [0.5, 0.6) is 11.5 Å². The first-order valence-corrected chi connectivity index (χ1v) is 10.6. The van der Waals surface area contributed by atoms with Crippen molar-refractivity contribution in [3.05, 3.63) is 54.1 Å². The highest BCUT2D eigenvalue weighted by atomic mass is 16.5. The SMILES string of the molecule is CCOc1ccccc1N1CCN(C(=O)COc2ccccc2C(C)CC)CC1. The molecule has 1 aliphatic rings. The van der Waals surface area contributed by atoms with Crippen molar-refractivity contribution >= 4 is 11.6 Å². The molecule has 2 aromatic rings. The van der Waals surface area contributed by atoms with Crippen LogP contribution in [0, 0.1) is 0 Å². The first-order chi connectivity index (χ1) is 14.1. The van der Waals surface area contributed by atoms with Gasteiger partial charge in [-0.2, -0.15) is 0 Å². The van der Waals surface area contributed by atoms with Crippen LogP contribution in [-0.4, -0.2) is 50.2 Å². The van der Waals surface area contributed by atoms with Gasteiger partial charge >= 0.3 is 0 Å². The molecule has 3 rings (SSSR count). The molecular weight excluding hydrogens is 364 g/mol.